The number of ether oxygens (including phenoxy) is 1. The van der Waals surface area contributed by atoms with E-state index in [1.54, 1.807) is 31.2 Å². The summed E-state index contributed by atoms with van der Waals surface area (Å²) in [5, 5.41) is 9.58. The molecule has 0 spiro atoms. The molecular weight excluding hydrogens is 334 g/mol. The third kappa shape index (κ3) is 3.27. The molecule has 24 heavy (non-hydrogen) atoms. The average Bonchev–Trinajstić information content (AvgIpc) is 2.50. The number of rotatable bonds is 6. The number of anilines is 1. The molecule has 1 fully saturated rings. The van der Waals surface area contributed by atoms with Crippen LogP contribution in [0.3, 0.4) is 0 Å². The van der Waals surface area contributed by atoms with Gasteiger partial charge in [0, 0.05) is 18.4 Å². The van der Waals surface area contributed by atoms with E-state index < -0.39 is 39.0 Å². The van der Waals surface area contributed by atoms with Crippen molar-refractivity contribution in [1.29, 1.82) is 0 Å². The van der Waals surface area contributed by atoms with E-state index in [-0.39, 0.29) is 0 Å². The summed E-state index contributed by atoms with van der Waals surface area (Å²) in [6, 6.07) is 4.96. The lowest BCUT2D eigenvalue weighted by Gasteiger charge is -2.46. The van der Waals surface area contributed by atoms with Crippen LogP contribution < -0.4 is 4.90 Å². The summed E-state index contributed by atoms with van der Waals surface area (Å²) >= 11 is 0. The van der Waals surface area contributed by atoms with Crippen LogP contribution in [0.15, 0.2) is 24.3 Å². The van der Waals surface area contributed by atoms with Crippen molar-refractivity contribution in [2.75, 3.05) is 23.5 Å². The Hall–Kier alpha value is -2.37. The summed E-state index contributed by atoms with van der Waals surface area (Å²) < 4.78 is 28.3. The van der Waals surface area contributed by atoms with Crippen molar-refractivity contribution in [3.8, 4) is 11.8 Å². The molecule has 2 rings (SSSR count). The van der Waals surface area contributed by atoms with Gasteiger partial charge in [-0.05, 0) is 31.2 Å². The Labute approximate surface area is 140 Å². The number of benzene rings is 1. The number of hydrogen-bond donors (Lipinski definition) is 1. The Morgan fingerprint density at radius 2 is 1.96 bits per heavy atom. The third-order valence-electron chi connectivity index (χ3n) is 3.89. The number of hydrogen-bond acceptors (Lipinski definition) is 5. The number of carbonyl (C=O) groups is 2. The maximum absolute atomic E-state index is 11.8. The minimum absolute atomic E-state index is 0.319. The smallest absolute Gasteiger partial charge is 0.329 e. The highest BCUT2D eigenvalue weighted by Gasteiger charge is 2.59. The topological polar surface area (TPSA) is 101 Å². The van der Waals surface area contributed by atoms with Gasteiger partial charge >= 0.3 is 5.97 Å². The summed E-state index contributed by atoms with van der Waals surface area (Å²) in [5.41, 5.74) is -0.431. The molecule has 8 heteroatoms. The van der Waals surface area contributed by atoms with E-state index in [0.717, 1.165) is 4.90 Å². The maximum Gasteiger partial charge on any atom is 0.329 e. The van der Waals surface area contributed by atoms with Crippen LogP contribution in [-0.2, 0) is 24.2 Å². The molecule has 1 aromatic carbocycles. The molecule has 1 aromatic rings. The van der Waals surface area contributed by atoms with Crippen molar-refractivity contribution in [2.45, 2.75) is 18.6 Å². The lowest BCUT2D eigenvalue weighted by atomic mass is 9.95. The van der Waals surface area contributed by atoms with Crippen molar-refractivity contribution < 1.29 is 27.9 Å². The first-order valence-corrected chi connectivity index (χ1v) is 8.85. The van der Waals surface area contributed by atoms with Gasteiger partial charge in [0.1, 0.15) is 5.60 Å². The van der Waals surface area contributed by atoms with Crippen LogP contribution in [0.2, 0.25) is 0 Å². The monoisotopic (exact) mass is 351 g/mol. The largest absolute Gasteiger partial charge is 0.480 e. The zero-order chi connectivity index (χ0) is 18.0. The first-order valence-electron chi connectivity index (χ1n) is 7.03. The zero-order valence-electron chi connectivity index (χ0n) is 13.2. The Morgan fingerprint density at radius 3 is 2.33 bits per heavy atom. The zero-order valence-corrected chi connectivity index (χ0v) is 14.0. The average molecular weight is 351 g/mol. The number of methoxy groups -OCH3 is 1. The van der Waals surface area contributed by atoms with Crippen molar-refractivity contribution in [1.82, 2.24) is 0 Å². The summed E-state index contributed by atoms with van der Waals surface area (Å²) in [6.07, 6.45) is 0.366. The van der Waals surface area contributed by atoms with Gasteiger partial charge in [0.05, 0.1) is 11.5 Å². The fraction of sp³-hybridized carbons (Fsp3) is 0.375. The Balaban J connectivity index is 2.42. The van der Waals surface area contributed by atoms with Crippen molar-refractivity contribution in [2.24, 2.45) is 0 Å². The molecule has 0 aromatic heterocycles. The molecule has 1 atom stereocenters. The predicted octanol–water partition coefficient (Wildman–Crippen LogP) is 0.288. The van der Waals surface area contributed by atoms with E-state index in [1.165, 1.54) is 7.11 Å². The van der Waals surface area contributed by atoms with Gasteiger partial charge in [-0.15, -0.1) is 5.92 Å². The van der Waals surface area contributed by atoms with E-state index >= 15 is 0 Å². The van der Waals surface area contributed by atoms with Crippen LogP contribution in [0.1, 0.15) is 12.5 Å². The molecule has 1 aliphatic heterocycles. The second-order valence-electron chi connectivity index (χ2n) is 5.48. The van der Waals surface area contributed by atoms with Crippen LogP contribution >= 0.6 is 0 Å². The molecule has 1 amide bonds. The normalized spacial score (nSPS) is 18.4. The molecular formula is C16H17NO6S. The number of nitrogens with zero attached hydrogens (tertiary/aromatic N) is 1. The number of sulfone groups is 1. The molecule has 128 valence electrons. The molecule has 1 aliphatic rings. The number of aliphatic carboxylic acids is 1. The van der Waals surface area contributed by atoms with Crippen LogP contribution in [0.5, 0.6) is 0 Å². The summed E-state index contributed by atoms with van der Waals surface area (Å²) in [6.45, 7) is 1.69. The van der Waals surface area contributed by atoms with Crippen LogP contribution in [0, 0.1) is 11.8 Å². The number of carboxylic acid groups (broad SMARTS) is 1. The molecule has 1 heterocycles. The fourth-order valence-corrected chi connectivity index (χ4v) is 4.77. The van der Waals surface area contributed by atoms with Crippen LogP contribution in [-0.4, -0.2) is 56.2 Å². The van der Waals surface area contributed by atoms with Crippen LogP contribution in [0.25, 0.3) is 0 Å². The molecule has 0 aliphatic carbocycles. The van der Waals surface area contributed by atoms with E-state index in [2.05, 4.69) is 11.8 Å². The molecule has 0 saturated carbocycles. The second kappa shape index (κ2) is 6.63. The summed E-state index contributed by atoms with van der Waals surface area (Å²) in [4.78, 5) is 24.3. The quantitative estimate of drug-likeness (QED) is 0.584. The lowest BCUT2D eigenvalue weighted by Crippen LogP contribution is -2.70. The van der Waals surface area contributed by atoms with Gasteiger partial charge in [-0.25, -0.2) is 13.2 Å². The number of amides is 1. The minimum Gasteiger partial charge on any atom is -0.480 e. The van der Waals surface area contributed by atoms with E-state index in [0.29, 0.717) is 17.7 Å². The van der Waals surface area contributed by atoms with E-state index in [4.69, 9.17) is 4.74 Å². The predicted molar refractivity (Wildman–Crippen MR) is 87.4 cm³/mol. The minimum atomic E-state index is -3.37. The first kappa shape index (κ1) is 18.0. The highest BCUT2D eigenvalue weighted by atomic mass is 32.2. The highest BCUT2D eigenvalue weighted by molar-refractivity contribution is 7.93. The van der Waals surface area contributed by atoms with E-state index in [9.17, 15) is 23.1 Å². The Kier molecular flexibility index (Phi) is 4.96. The molecule has 7 nitrogen and oxygen atoms in total. The first-order chi connectivity index (χ1) is 11.3. The van der Waals surface area contributed by atoms with E-state index in [1.807, 2.05) is 0 Å². The van der Waals surface area contributed by atoms with Gasteiger partial charge in [0.15, 0.2) is 15.9 Å². The van der Waals surface area contributed by atoms with Gasteiger partial charge in [-0.3, -0.25) is 9.69 Å². The molecule has 1 unspecified atom stereocenters. The maximum atomic E-state index is 11.8. The van der Waals surface area contributed by atoms with Gasteiger partial charge in [-0.2, -0.15) is 0 Å². The Bertz CT molecular complexity index is 791. The second-order valence-corrected chi connectivity index (χ2v) is 7.54. The summed E-state index contributed by atoms with van der Waals surface area (Å²) in [5.74, 6) is 3.34. The van der Waals surface area contributed by atoms with Crippen molar-refractivity contribution in [3.63, 3.8) is 0 Å². The lowest BCUT2D eigenvalue weighted by molar-refractivity contribution is -0.146. The van der Waals surface area contributed by atoms with Gasteiger partial charge < -0.3 is 9.84 Å². The highest BCUT2D eigenvalue weighted by Crippen LogP contribution is 2.35. The van der Waals surface area contributed by atoms with Gasteiger partial charge in [-0.1, -0.05) is 5.92 Å². The third-order valence-corrected chi connectivity index (χ3v) is 5.75. The standard InChI is InChI=1S/C16H17NO6S/c1-3-4-12-5-7-13(8-6-12)17(11-18)14(15(19)20)16(23-2)9-24(21,22)10-16/h5-8,11,14H,9-10H2,1-2H3,(H,19,20). The molecule has 0 radical (unpaired) electrons. The van der Waals surface area contributed by atoms with Crippen molar-refractivity contribution in [3.05, 3.63) is 29.8 Å². The fourth-order valence-electron chi connectivity index (χ4n) is 2.82. The number of carboxylic acids is 1. The molecule has 0 bridgehead atoms. The molecule has 1 saturated heterocycles. The SMILES string of the molecule is CC#Cc1ccc(N(C=O)C(C(=O)O)C2(OC)CS(=O)(=O)C2)cc1. The number of carbonyl (C=O) groups excluding carboxylic acids is 1. The van der Waals surface area contributed by atoms with Gasteiger partial charge in [0.25, 0.3) is 0 Å². The Morgan fingerprint density at radius 1 is 1.38 bits per heavy atom. The summed E-state index contributed by atoms with van der Waals surface area (Å²) in [7, 11) is -2.12. The van der Waals surface area contributed by atoms with Gasteiger partial charge in [0.2, 0.25) is 6.41 Å². The molecule has 1 N–H and O–H groups in total. The van der Waals surface area contributed by atoms with Crippen LogP contribution in [0.4, 0.5) is 5.69 Å². The van der Waals surface area contributed by atoms with Crippen molar-refractivity contribution >= 4 is 27.9 Å².